The van der Waals surface area contributed by atoms with Crippen LogP contribution in [0.3, 0.4) is 0 Å². The monoisotopic (exact) mass is 398 g/mol. The lowest BCUT2D eigenvalue weighted by Crippen LogP contribution is -2.18. The Morgan fingerprint density at radius 2 is 2.00 bits per heavy atom. The Labute approximate surface area is 136 Å². The smallest absolute Gasteiger partial charge is 0.147 e. The molecule has 1 N–H and O–H groups in total. The van der Waals surface area contributed by atoms with Crippen LogP contribution in [0.5, 0.6) is 5.75 Å². The second-order valence-corrected chi connectivity index (χ2v) is 6.19. The summed E-state index contributed by atoms with van der Waals surface area (Å²) in [7, 11) is 1.66. The van der Waals surface area contributed by atoms with Crippen LogP contribution in [-0.2, 0) is 6.54 Å². The van der Waals surface area contributed by atoms with Crippen molar-refractivity contribution in [1.29, 1.82) is 0 Å². The normalized spacial score (nSPS) is 12.2. The van der Waals surface area contributed by atoms with E-state index in [-0.39, 0.29) is 6.04 Å². The van der Waals surface area contributed by atoms with Gasteiger partial charge in [-0.25, -0.2) is 0 Å². The molecule has 0 aliphatic carbocycles. The lowest BCUT2D eigenvalue weighted by atomic mass is 10.1. The van der Waals surface area contributed by atoms with E-state index in [2.05, 4.69) is 67.3 Å². The molecule has 0 saturated heterocycles. The van der Waals surface area contributed by atoms with Gasteiger partial charge in [0.1, 0.15) is 5.75 Å². The van der Waals surface area contributed by atoms with E-state index in [1.54, 1.807) is 13.3 Å². The third-order valence-corrected chi connectivity index (χ3v) is 4.24. The first-order chi connectivity index (χ1) is 9.61. The average Bonchev–Trinajstić information content (AvgIpc) is 2.45. The van der Waals surface area contributed by atoms with Gasteiger partial charge in [0, 0.05) is 25.0 Å². The molecule has 0 aliphatic rings. The van der Waals surface area contributed by atoms with Gasteiger partial charge in [0.05, 0.1) is 16.1 Å². The van der Waals surface area contributed by atoms with Gasteiger partial charge in [-0.2, -0.15) is 0 Å². The largest absolute Gasteiger partial charge is 0.494 e. The fourth-order valence-corrected chi connectivity index (χ4v) is 3.54. The first kappa shape index (κ1) is 15.5. The molecule has 1 heterocycles. The highest BCUT2D eigenvalue weighted by molar-refractivity contribution is 9.11. The molecule has 106 valence electrons. The van der Waals surface area contributed by atoms with Crippen molar-refractivity contribution in [3.8, 4) is 5.75 Å². The van der Waals surface area contributed by atoms with E-state index in [9.17, 15) is 0 Å². The number of rotatable bonds is 5. The van der Waals surface area contributed by atoms with Gasteiger partial charge in [0.25, 0.3) is 0 Å². The molecular weight excluding hydrogens is 384 g/mol. The van der Waals surface area contributed by atoms with E-state index in [0.717, 1.165) is 21.2 Å². The Morgan fingerprint density at radius 1 is 1.30 bits per heavy atom. The zero-order valence-electron chi connectivity index (χ0n) is 11.4. The molecule has 1 atom stereocenters. The van der Waals surface area contributed by atoms with Crippen LogP contribution in [0, 0.1) is 0 Å². The van der Waals surface area contributed by atoms with Gasteiger partial charge in [-0.15, -0.1) is 0 Å². The van der Waals surface area contributed by atoms with Crippen LogP contribution < -0.4 is 10.1 Å². The van der Waals surface area contributed by atoms with E-state index < -0.39 is 0 Å². The van der Waals surface area contributed by atoms with Crippen LogP contribution >= 0.6 is 31.9 Å². The van der Waals surface area contributed by atoms with Crippen LogP contribution in [0.2, 0.25) is 0 Å². The lowest BCUT2D eigenvalue weighted by molar-refractivity contribution is 0.409. The molecule has 1 aromatic carbocycles. The third kappa shape index (κ3) is 3.81. The van der Waals surface area contributed by atoms with Crippen molar-refractivity contribution in [1.82, 2.24) is 10.3 Å². The van der Waals surface area contributed by atoms with Crippen molar-refractivity contribution in [2.75, 3.05) is 7.11 Å². The number of halogens is 2. The van der Waals surface area contributed by atoms with Gasteiger partial charge >= 0.3 is 0 Å². The molecule has 1 aromatic heterocycles. The number of pyridine rings is 1. The molecule has 0 fully saturated rings. The maximum absolute atomic E-state index is 5.30. The Balaban J connectivity index is 2.04. The Morgan fingerprint density at radius 3 is 2.55 bits per heavy atom. The topological polar surface area (TPSA) is 34.1 Å². The molecular formula is C15H16Br2N2O. The maximum Gasteiger partial charge on any atom is 0.147 e. The first-order valence-corrected chi connectivity index (χ1v) is 7.85. The summed E-state index contributed by atoms with van der Waals surface area (Å²) in [6.07, 6.45) is 3.67. The van der Waals surface area contributed by atoms with Crippen molar-refractivity contribution < 1.29 is 4.74 Å². The molecule has 0 spiro atoms. The fraction of sp³-hybridized carbons (Fsp3) is 0.267. The molecule has 3 nitrogen and oxygen atoms in total. The summed E-state index contributed by atoms with van der Waals surface area (Å²) >= 11 is 7.03. The summed E-state index contributed by atoms with van der Waals surface area (Å²) in [5, 5.41) is 3.48. The molecule has 20 heavy (non-hydrogen) atoms. The van der Waals surface area contributed by atoms with Crippen LogP contribution in [-0.4, -0.2) is 12.1 Å². The van der Waals surface area contributed by atoms with Crippen LogP contribution in [0.4, 0.5) is 0 Å². The zero-order chi connectivity index (χ0) is 14.5. The third-order valence-electron chi connectivity index (χ3n) is 3.06. The van der Waals surface area contributed by atoms with Gasteiger partial charge in [-0.05, 0) is 68.1 Å². The van der Waals surface area contributed by atoms with E-state index in [0.29, 0.717) is 0 Å². The second kappa shape index (κ2) is 7.20. The van der Waals surface area contributed by atoms with Gasteiger partial charge in [0.2, 0.25) is 0 Å². The zero-order valence-corrected chi connectivity index (χ0v) is 14.5. The highest BCUT2D eigenvalue weighted by atomic mass is 79.9. The molecule has 2 rings (SSSR count). The van der Waals surface area contributed by atoms with E-state index >= 15 is 0 Å². The summed E-state index contributed by atoms with van der Waals surface area (Å²) in [5.74, 6) is 0.814. The number of hydrogen-bond acceptors (Lipinski definition) is 3. The number of aromatic nitrogens is 1. The fourth-order valence-electron chi connectivity index (χ4n) is 1.93. The van der Waals surface area contributed by atoms with Crippen molar-refractivity contribution in [3.63, 3.8) is 0 Å². The van der Waals surface area contributed by atoms with Crippen molar-refractivity contribution in [2.45, 2.75) is 19.5 Å². The van der Waals surface area contributed by atoms with Gasteiger partial charge in [-0.3, -0.25) is 4.98 Å². The highest BCUT2D eigenvalue weighted by Crippen LogP contribution is 2.34. The quantitative estimate of drug-likeness (QED) is 0.805. The van der Waals surface area contributed by atoms with Crippen LogP contribution in [0.15, 0.2) is 45.6 Å². The number of benzene rings is 1. The molecule has 0 amide bonds. The molecule has 0 unspecified atom stereocenters. The predicted molar refractivity (Wildman–Crippen MR) is 87.9 cm³/mol. The number of methoxy groups -OCH3 is 1. The van der Waals surface area contributed by atoms with Crippen molar-refractivity contribution >= 4 is 31.9 Å². The molecule has 5 heteroatoms. The van der Waals surface area contributed by atoms with Crippen molar-refractivity contribution in [3.05, 3.63) is 56.7 Å². The summed E-state index contributed by atoms with van der Waals surface area (Å²) in [6.45, 7) is 2.90. The van der Waals surface area contributed by atoms with Gasteiger partial charge in [-0.1, -0.05) is 6.07 Å². The molecule has 0 bridgehead atoms. The summed E-state index contributed by atoms with van der Waals surface area (Å²) in [5.41, 5.74) is 2.36. The summed E-state index contributed by atoms with van der Waals surface area (Å²) < 4.78 is 7.19. The predicted octanol–water partition coefficient (Wildman–Crippen LogP) is 4.47. The summed E-state index contributed by atoms with van der Waals surface area (Å²) in [6, 6.07) is 8.40. The molecule has 0 saturated carbocycles. The summed E-state index contributed by atoms with van der Waals surface area (Å²) in [4.78, 5) is 4.14. The first-order valence-electron chi connectivity index (χ1n) is 6.27. The van der Waals surface area contributed by atoms with Crippen LogP contribution in [0.1, 0.15) is 24.1 Å². The number of ether oxygens (including phenoxy) is 1. The lowest BCUT2D eigenvalue weighted by Gasteiger charge is -2.15. The number of nitrogens with zero attached hydrogens (tertiary/aromatic N) is 1. The Kier molecular flexibility index (Phi) is 5.57. The number of nitrogens with one attached hydrogen (secondary N) is 1. The van der Waals surface area contributed by atoms with E-state index in [1.165, 1.54) is 11.1 Å². The van der Waals surface area contributed by atoms with Crippen LogP contribution in [0.25, 0.3) is 0 Å². The Hall–Kier alpha value is -0.910. The van der Waals surface area contributed by atoms with E-state index in [1.807, 2.05) is 12.3 Å². The van der Waals surface area contributed by atoms with Crippen molar-refractivity contribution in [2.24, 2.45) is 0 Å². The minimum Gasteiger partial charge on any atom is -0.494 e. The molecule has 2 aromatic rings. The highest BCUT2D eigenvalue weighted by Gasteiger charge is 2.09. The van der Waals surface area contributed by atoms with E-state index in [4.69, 9.17) is 4.74 Å². The van der Waals surface area contributed by atoms with Gasteiger partial charge < -0.3 is 10.1 Å². The Bertz CT molecular complexity index is 552. The number of hydrogen-bond donors (Lipinski definition) is 1. The standard InChI is InChI=1S/C15H16Br2N2O/c1-10(12-4-3-5-18-9-12)19-8-11-6-13(16)15(20-2)14(17)7-11/h3-7,9-10,19H,8H2,1-2H3/t10-/m1/s1. The average molecular weight is 400 g/mol. The molecule has 0 radical (unpaired) electrons. The van der Waals surface area contributed by atoms with Gasteiger partial charge in [0.15, 0.2) is 0 Å². The second-order valence-electron chi connectivity index (χ2n) is 4.48. The minimum absolute atomic E-state index is 0.253. The maximum atomic E-state index is 5.30. The molecule has 0 aliphatic heterocycles. The minimum atomic E-state index is 0.253. The SMILES string of the molecule is COc1c(Br)cc(CN[C@H](C)c2cccnc2)cc1Br.